The van der Waals surface area contributed by atoms with Gasteiger partial charge in [-0.15, -0.1) is 0 Å². The summed E-state index contributed by atoms with van der Waals surface area (Å²) in [6, 6.07) is 0. The van der Waals surface area contributed by atoms with E-state index < -0.39 is 5.97 Å². The molecule has 0 heterocycles. The van der Waals surface area contributed by atoms with Crippen LogP contribution in [0.3, 0.4) is 0 Å². The van der Waals surface area contributed by atoms with Crippen LogP contribution in [0, 0.1) is 11.8 Å². The molecule has 4 nitrogen and oxygen atoms in total. The van der Waals surface area contributed by atoms with E-state index in [1.54, 1.807) is 13.8 Å². The molecule has 0 aliphatic carbocycles. The minimum atomic E-state index is -0.741. The van der Waals surface area contributed by atoms with Crippen LogP contribution in [0.2, 0.25) is 0 Å². The van der Waals surface area contributed by atoms with Gasteiger partial charge in [-0.3, -0.25) is 4.79 Å². The molecule has 0 aromatic rings. The number of aliphatic carboxylic acids is 1. The SMILES string of the molecule is CC(C)C(=O)O.CC(C)C(O)CCO. The van der Waals surface area contributed by atoms with Crippen molar-refractivity contribution in [2.24, 2.45) is 11.8 Å². The number of carboxylic acid groups (broad SMARTS) is 1. The number of aliphatic hydroxyl groups is 2. The summed E-state index contributed by atoms with van der Waals surface area (Å²) < 4.78 is 0. The largest absolute Gasteiger partial charge is 0.481 e. The van der Waals surface area contributed by atoms with Gasteiger partial charge in [0.05, 0.1) is 12.0 Å². The van der Waals surface area contributed by atoms with Crippen molar-refractivity contribution < 1.29 is 20.1 Å². The summed E-state index contributed by atoms with van der Waals surface area (Å²) in [7, 11) is 0. The zero-order valence-corrected chi connectivity index (χ0v) is 9.40. The second-order valence-electron chi connectivity index (χ2n) is 3.82. The van der Waals surface area contributed by atoms with Crippen LogP contribution in [0.25, 0.3) is 0 Å². The molecule has 0 radical (unpaired) electrons. The highest BCUT2D eigenvalue weighted by Crippen LogP contribution is 2.03. The van der Waals surface area contributed by atoms with Crippen LogP contribution in [-0.4, -0.2) is 34.0 Å². The Morgan fingerprint density at radius 1 is 1.21 bits per heavy atom. The molecule has 0 aliphatic rings. The van der Waals surface area contributed by atoms with Crippen LogP contribution >= 0.6 is 0 Å². The molecule has 1 unspecified atom stereocenters. The number of hydrogen-bond acceptors (Lipinski definition) is 3. The molecule has 0 rings (SSSR count). The van der Waals surface area contributed by atoms with Crippen LogP contribution in [0.15, 0.2) is 0 Å². The Kier molecular flexibility index (Phi) is 10.1. The van der Waals surface area contributed by atoms with E-state index in [9.17, 15) is 4.79 Å². The second-order valence-corrected chi connectivity index (χ2v) is 3.82. The minimum Gasteiger partial charge on any atom is -0.481 e. The first kappa shape index (κ1) is 15.8. The lowest BCUT2D eigenvalue weighted by molar-refractivity contribution is -0.140. The van der Waals surface area contributed by atoms with E-state index in [4.69, 9.17) is 15.3 Å². The predicted molar refractivity (Wildman–Crippen MR) is 55.0 cm³/mol. The summed E-state index contributed by atoms with van der Waals surface area (Å²) in [5, 5.41) is 25.3. The van der Waals surface area contributed by atoms with Crippen molar-refractivity contribution in [3.05, 3.63) is 0 Å². The average molecular weight is 206 g/mol. The Labute approximate surface area is 85.6 Å². The molecule has 0 spiro atoms. The molecule has 0 aliphatic heterocycles. The summed E-state index contributed by atoms with van der Waals surface area (Å²) in [5.74, 6) is -0.706. The highest BCUT2D eigenvalue weighted by molar-refractivity contribution is 5.68. The van der Waals surface area contributed by atoms with Crippen molar-refractivity contribution in [2.45, 2.75) is 40.2 Å². The van der Waals surface area contributed by atoms with Crippen LogP contribution in [0.1, 0.15) is 34.1 Å². The van der Waals surface area contributed by atoms with Gasteiger partial charge < -0.3 is 15.3 Å². The molecule has 4 heteroatoms. The number of aliphatic hydroxyl groups excluding tert-OH is 2. The van der Waals surface area contributed by atoms with Gasteiger partial charge in [0.2, 0.25) is 0 Å². The Balaban J connectivity index is 0. The Morgan fingerprint density at radius 2 is 1.57 bits per heavy atom. The molecule has 0 saturated carbocycles. The molecule has 1 atom stereocenters. The van der Waals surface area contributed by atoms with Gasteiger partial charge in [-0.05, 0) is 12.3 Å². The van der Waals surface area contributed by atoms with Gasteiger partial charge in [-0.2, -0.15) is 0 Å². The number of rotatable bonds is 4. The standard InChI is InChI=1S/C6H14O2.C4H8O2/c1-5(2)6(8)3-4-7;1-3(2)4(5)6/h5-8H,3-4H2,1-2H3;3H,1-2H3,(H,5,6). The molecule has 14 heavy (non-hydrogen) atoms. The fourth-order valence-electron chi connectivity index (χ4n) is 0.466. The van der Waals surface area contributed by atoms with E-state index in [1.807, 2.05) is 13.8 Å². The third kappa shape index (κ3) is 11.4. The van der Waals surface area contributed by atoms with Gasteiger partial charge in [0.1, 0.15) is 0 Å². The topological polar surface area (TPSA) is 77.8 Å². The minimum absolute atomic E-state index is 0.0827. The first-order chi connectivity index (χ1) is 6.32. The normalized spacial score (nSPS) is 12.3. The maximum Gasteiger partial charge on any atom is 0.305 e. The van der Waals surface area contributed by atoms with Crippen molar-refractivity contribution in [2.75, 3.05) is 6.61 Å². The van der Waals surface area contributed by atoms with Gasteiger partial charge in [-0.25, -0.2) is 0 Å². The fourth-order valence-corrected chi connectivity index (χ4v) is 0.466. The number of carboxylic acids is 1. The van der Waals surface area contributed by atoms with Crippen LogP contribution in [0.5, 0.6) is 0 Å². The average Bonchev–Trinajstić information content (AvgIpc) is 2.05. The van der Waals surface area contributed by atoms with E-state index in [2.05, 4.69) is 0 Å². The lowest BCUT2D eigenvalue weighted by atomic mass is 10.1. The van der Waals surface area contributed by atoms with Crippen molar-refractivity contribution >= 4 is 5.97 Å². The lowest BCUT2D eigenvalue weighted by Crippen LogP contribution is -2.15. The summed E-state index contributed by atoms with van der Waals surface area (Å²) >= 11 is 0. The van der Waals surface area contributed by atoms with E-state index in [0.29, 0.717) is 6.42 Å². The van der Waals surface area contributed by atoms with Gasteiger partial charge in [0, 0.05) is 6.61 Å². The molecule has 0 saturated heterocycles. The van der Waals surface area contributed by atoms with E-state index in [-0.39, 0.29) is 24.5 Å². The smallest absolute Gasteiger partial charge is 0.305 e. The maximum atomic E-state index is 9.70. The van der Waals surface area contributed by atoms with Crippen molar-refractivity contribution in [3.8, 4) is 0 Å². The summed E-state index contributed by atoms with van der Waals surface area (Å²) in [6.45, 7) is 7.23. The highest BCUT2D eigenvalue weighted by atomic mass is 16.4. The molecule has 0 aromatic heterocycles. The molecular formula is C10H22O4. The van der Waals surface area contributed by atoms with Gasteiger partial charge in [0.15, 0.2) is 0 Å². The highest BCUT2D eigenvalue weighted by Gasteiger charge is 2.06. The van der Waals surface area contributed by atoms with Crippen molar-refractivity contribution in [1.29, 1.82) is 0 Å². The van der Waals surface area contributed by atoms with Crippen LogP contribution in [0.4, 0.5) is 0 Å². The predicted octanol–water partition coefficient (Wildman–Crippen LogP) is 1.11. The molecular weight excluding hydrogens is 184 g/mol. The fraction of sp³-hybridized carbons (Fsp3) is 0.900. The molecule has 0 bridgehead atoms. The molecule has 0 fully saturated rings. The van der Waals surface area contributed by atoms with Crippen molar-refractivity contribution in [1.82, 2.24) is 0 Å². The monoisotopic (exact) mass is 206 g/mol. The Morgan fingerprint density at radius 3 is 1.64 bits per heavy atom. The van der Waals surface area contributed by atoms with E-state index >= 15 is 0 Å². The zero-order valence-electron chi connectivity index (χ0n) is 9.40. The quantitative estimate of drug-likeness (QED) is 0.644. The van der Waals surface area contributed by atoms with Gasteiger partial charge in [0.25, 0.3) is 0 Å². The number of hydrogen-bond donors (Lipinski definition) is 3. The Hall–Kier alpha value is -0.610. The molecule has 0 amide bonds. The maximum absolute atomic E-state index is 9.70. The second kappa shape index (κ2) is 8.97. The third-order valence-electron chi connectivity index (χ3n) is 1.69. The van der Waals surface area contributed by atoms with Crippen LogP contribution in [-0.2, 0) is 4.79 Å². The van der Waals surface area contributed by atoms with E-state index in [1.165, 1.54) is 0 Å². The molecule has 3 N–H and O–H groups in total. The molecule has 86 valence electrons. The number of carbonyl (C=O) groups is 1. The molecule has 0 aromatic carbocycles. The first-order valence-corrected chi connectivity index (χ1v) is 4.84. The lowest BCUT2D eigenvalue weighted by Gasteiger charge is -2.11. The van der Waals surface area contributed by atoms with E-state index in [0.717, 1.165) is 0 Å². The summed E-state index contributed by atoms with van der Waals surface area (Å²) in [4.78, 5) is 9.70. The third-order valence-corrected chi connectivity index (χ3v) is 1.69. The first-order valence-electron chi connectivity index (χ1n) is 4.84. The van der Waals surface area contributed by atoms with Crippen LogP contribution < -0.4 is 0 Å². The summed E-state index contributed by atoms with van der Waals surface area (Å²) in [6.07, 6.45) is 0.164. The summed E-state index contributed by atoms with van der Waals surface area (Å²) in [5.41, 5.74) is 0. The van der Waals surface area contributed by atoms with Gasteiger partial charge in [-0.1, -0.05) is 27.7 Å². The van der Waals surface area contributed by atoms with Gasteiger partial charge >= 0.3 is 5.97 Å². The zero-order chi connectivity index (χ0) is 11.7. The van der Waals surface area contributed by atoms with Crippen molar-refractivity contribution in [3.63, 3.8) is 0 Å². The Bertz CT molecular complexity index is 143.